The average molecular weight is 288 g/mol. The van der Waals surface area contributed by atoms with E-state index in [4.69, 9.17) is 14.4 Å². The number of aliphatic imine (C=N–C) groups is 1. The van der Waals surface area contributed by atoms with E-state index >= 15 is 0 Å². The lowest BCUT2D eigenvalue weighted by Gasteiger charge is -1.98. The van der Waals surface area contributed by atoms with Gasteiger partial charge in [-0.2, -0.15) is 0 Å². The van der Waals surface area contributed by atoms with Gasteiger partial charge in [0.05, 0.1) is 12.3 Å². The normalized spacial score (nSPS) is 10.8. The quantitative estimate of drug-likeness (QED) is 0.382. The van der Waals surface area contributed by atoms with Gasteiger partial charge < -0.3 is 9.15 Å². The summed E-state index contributed by atoms with van der Waals surface area (Å²) in [4.78, 5) is 15.7. The SMILES string of the molecule is CCOC(=O)c1cc(-c2ccc(N=CNO)cc2)oc1C. The predicted octanol–water partition coefficient (Wildman–Crippen LogP) is 3.07. The van der Waals surface area contributed by atoms with E-state index in [1.165, 1.54) is 6.34 Å². The Morgan fingerprint density at radius 3 is 2.76 bits per heavy atom. The number of carbonyl (C=O) groups is 1. The van der Waals surface area contributed by atoms with E-state index in [0.717, 1.165) is 5.56 Å². The smallest absolute Gasteiger partial charge is 0.341 e. The lowest BCUT2D eigenvalue weighted by Crippen LogP contribution is -2.04. The van der Waals surface area contributed by atoms with Gasteiger partial charge in [0.1, 0.15) is 23.4 Å². The maximum Gasteiger partial charge on any atom is 0.341 e. The van der Waals surface area contributed by atoms with Crippen molar-refractivity contribution < 1.29 is 19.2 Å². The zero-order valence-corrected chi connectivity index (χ0v) is 11.8. The van der Waals surface area contributed by atoms with Gasteiger partial charge in [-0.1, -0.05) is 0 Å². The molecule has 2 aromatic rings. The van der Waals surface area contributed by atoms with Crippen molar-refractivity contribution >= 4 is 18.0 Å². The number of nitrogens with zero attached hydrogens (tertiary/aromatic N) is 1. The third kappa shape index (κ3) is 3.49. The van der Waals surface area contributed by atoms with E-state index in [-0.39, 0.29) is 5.97 Å². The third-order valence-electron chi connectivity index (χ3n) is 2.84. The second-order valence-electron chi connectivity index (χ2n) is 4.24. The first kappa shape index (κ1) is 14.8. The van der Waals surface area contributed by atoms with Crippen LogP contribution in [-0.4, -0.2) is 24.1 Å². The molecular weight excluding hydrogens is 272 g/mol. The number of ether oxygens (including phenoxy) is 1. The van der Waals surface area contributed by atoms with Crippen molar-refractivity contribution in [1.29, 1.82) is 0 Å². The zero-order chi connectivity index (χ0) is 15.2. The van der Waals surface area contributed by atoms with E-state index in [0.29, 0.717) is 29.4 Å². The lowest BCUT2D eigenvalue weighted by molar-refractivity contribution is 0.0524. The van der Waals surface area contributed by atoms with E-state index in [9.17, 15) is 4.79 Å². The third-order valence-corrected chi connectivity index (χ3v) is 2.84. The summed E-state index contributed by atoms with van der Waals surface area (Å²) in [5.41, 5.74) is 3.76. The fourth-order valence-corrected chi connectivity index (χ4v) is 1.85. The highest BCUT2D eigenvalue weighted by Gasteiger charge is 2.16. The molecule has 0 aliphatic heterocycles. The monoisotopic (exact) mass is 288 g/mol. The molecule has 0 radical (unpaired) electrons. The molecule has 0 unspecified atom stereocenters. The van der Waals surface area contributed by atoms with Crippen LogP contribution in [0.5, 0.6) is 0 Å². The lowest BCUT2D eigenvalue weighted by atomic mass is 10.1. The Hall–Kier alpha value is -2.60. The van der Waals surface area contributed by atoms with Crippen LogP contribution in [0.4, 0.5) is 5.69 Å². The zero-order valence-electron chi connectivity index (χ0n) is 11.8. The number of hydrogen-bond acceptors (Lipinski definition) is 5. The molecule has 110 valence electrons. The summed E-state index contributed by atoms with van der Waals surface area (Å²) in [5, 5.41) is 8.43. The van der Waals surface area contributed by atoms with E-state index in [1.807, 2.05) is 17.6 Å². The molecule has 0 fully saturated rings. The van der Waals surface area contributed by atoms with Crippen LogP contribution in [0.15, 0.2) is 39.7 Å². The first-order valence-corrected chi connectivity index (χ1v) is 6.46. The number of rotatable bonds is 5. The molecule has 0 aliphatic rings. The van der Waals surface area contributed by atoms with Crippen molar-refractivity contribution in [2.75, 3.05) is 6.61 Å². The fraction of sp³-hybridized carbons (Fsp3) is 0.200. The van der Waals surface area contributed by atoms with Crippen molar-refractivity contribution in [3.8, 4) is 11.3 Å². The Kier molecular flexibility index (Phi) is 4.73. The number of aryl methyl sites for hydroxylation is 1. The number of carbonyl (C=O) groups excluding carboxylic acids is 1. The van der Waals surface area contributed by atoms with Crippen molar-refractivity contribution in [2.24, 2.45) is 4.99 Å². The molecule has 0 spiro atoms. The standard InChI is InChI=1S/C15H16N2O4/c1-3-20-15(18)13-8-14(21-10(13)2)11-4-6-12(7-5-11)16-9-17-19/h4-9,19H,3H2,1-2H3,(H,16,17). The van der Waals surface area contributed by atoms with Crippen molar-refractivity contribution in [3.05, 3.63) is 41.7 Å². The first-order chi connectivity index (χ1) is 10.2. The van der Waals surface area contributed by atoms with E-state index in [2.05, 4.69) is 4.99 Å². The van der Waals surface area contributed by atoms with Gasteiger partial charge in [0.25, 0.3) is 0 Å². The van der Waals surface area contributed by atoms with Crippen LogP contribution < -0.4 is 5.48 Å². The van der Waals surface area contributed by atoms with Gasteiger partial charge in [-0.05, 0) is 44.2 Å². The van der Waals surface area contributed by atoms with Crippen LogP contribution in [0.3, 0.4) is 0 Å². The number of furan rings is 1. The van der Waals surface area contributed by atoms with Gasteiger partial charge in [0.2, 0.25) is 0 Å². The summed E-state index contributed by atoms with van der Waals surface area (Å²) >= 11 is 0. The second kappa shape index (κ2) is 6.71. The Labute approximate surface area is 122 Å². The predicted molar refractivity (Wildman–Crippen MR) is 77.9 cm³/mol. The molecule has 0 aliphatic carbocycles. The minimum absolute atomic E-state index is 0.324. The number of hydroxylamine groups is 1. The molecular formula is C15H16N2O4. The Bertz CT molecular complexity index is 644. The number of benzene rings is 1. The van der Waals surface area contributed by atoms with Crippen LogP contribution >= 0.6 is 0 Å². The number of esters is 1. The summed E-state index contributed by atoms with van der Waals surface area (Å²) in [6.45, 7) is 3.81. The highest BCUT2D eigenvalue weighted by Crippen LogP contribution is 2.27. The molecule has 0 atom stereocenters. The molecule has 0 bridgehead atoms. The largest absolute Gasteiger partial charge is 0.462 e. The average Bonchev–Trinajstić information content (AvgIpc) is 2.88. The van der Waals surface area contributed by atoms with Crippen LogP contribution in [0.1, 0.15) is 23.0 Å². The Balaban J connectivity index is 2.24. The molecule has 2 N–H and O–H groups in total. The summed E-state index contributed by atoms with van der Waals surface area (Å²) in [6, 6.07) is 8.84. The minimum Gasteiger partial charge on any atom is -0.462 e. The Morgan fingerprint density at radius 2 is 2.14 bits per heavy atom. The molecule has 6 heteroatoms. The summed E-state index contributed by atoms with van der Waals surface area (Å²) in [6.07, 6.45) is 1.17. The molecule has 0 saturated carbocycles. The highest BCUT2D eigenvalue weighted by atomic mass is 16.5. The molecule has 21 heavy (non-hydrogen) atoms. The molecule has 1 heterocycles. The van der Waals surface area contributed by atoms with Crippen molar-refractivity contribution in [1.82, 2.24) is 5.48 Å². The highest BCUT2D eigenvalue weighted by molar-refractivity contribution is 5.91. The fourth-order valence-electron chi connectivity index (χ4n) is 1.85. The van der Waals surface area contributed by atoms with Crippen LogP contribution in [-0.2, 0) is 4.74 Å². The van der Waals surface area contributed by atoms with Gasteiger partial charge in [0, 0.05) is 5.56 Å². The summed E-state index contributed by atoms with van der Waals surface area (Å²) < 4.78 is 10.6. The topological polar surface area (TPSA) is 84.1 Å². The number of hydrogen-bond donors (Lipinski definition) is 2. The minimum atomic E-state index is -0.389. The van der Waals surface area contributed by atoms with E-state index < -0.39 is 0 Å². The van der Waals surface area contributed by atoms with Crippen LogP contribution in [0.25, 0.3) is 11.3 Å². The Morgan fingerprint density at radius 1 is 1.43 bits per heavy atom. The van der Waals surface area contributed by atoms with Crippen LogP contribution in [0, 0.1) is 6.92 Å². The maximum absolute atomic E-state index is 11.8. The second-order valence-corrected chi connectivity index (χ2v) is 4.24. The molecule has 0 saturated heterocycles. The van der Waals surface area contributed by atoms with Crippen molar-refractivity contribution in [3.63, 3.8) is 0 Å². The maximum atomic E-state index is 11.8. The van der Waals surface area contributed by atoms with Crippen molar-refractivity contribution in [2.45, 2.75) is 13.8 Å². The van der Waals surface area contributed by atoms with Gasteiger partial charge in [0.15, 0.2) is 0 Å². The summed E-state index contributed by atoms with van der Waals surface area (Å²) in [7, 11) is 0. The molecule has 1 aromatic carbocycles. The first-order valence-electron chi connectivity index (χ1n) is 6.46. The molecule has 0 amide bonds. The van der Waals surface area contributed by atoms with Gasteiger partial charge in [-0.15, -0.1) is 0 Å². The van der Waals surface area contributed by atoms with E-state index in [1.54, 1.807) is 32.0 Å². The molecule has 1 aromatic heterocycles. The molecule has 6 nitrogen and oxygen atoms in total. The van der Waals surface area contributed by atoms with Gasteiger partial charge in [-0.25, -0.2) is 9.79 Å². The number of nitrogens with one attached hydrogen (secondary N) is 1. The van der Waals surface area contributed by atoms with Crippen LogP contribution in [0.2, 0.25) is 0 Å². The summed E-state index contributed by atoms with van der Waals surface area (Å²) in [5.74, 6) is 0.724. The van der Waals surface area contributed by atoms with Gasteiger partial charge in [-0.3, -0.25) is 10.7 Å². The van der Waals surface area contributed by atoms with Gasteiger partial charge >= 0.3 is 5.97 Å². The molecule has 2 rings (SSSR count).